The van der Waals surface area contributed by atoms with E-state index in [9.17, 15) is 4.79 Å². The number of aryl methyl sites for hydroxylation is 1. The number of aromatic nitrogens is 2. The van der Waals surface area contributed by atoms with Gasteiger partial charge in [0.1, 0.15) is 0 Å². The van der Waals surface area contributed by atoms with Crippen LogP contribution in [0.2, 0.25) is 5.02 Å². The fraction of sp³-hybridized carbons (Fsp3) is 0.375. The first-order valence-electron chi connectivity index (χ1n) is 7.40. The zero-order valence-electron chi connectivity index (χ0n) is 12.7. The Labute approximate surface area is 134 Å². The summed E-state index contributed by atoms with van der Waals surface area (Å²) in [5, 5.41) is 8.41. The molecule has 1 aliphatic heterocycles. The van der Waals surface area contributed by atoms with Gasteiger partial charge in [-0.25, -0.2) is 4.68 Å². The Balaban J connectivity index is 1.89. The van der Waals surface area contributed by atoms with Gasteiger partial charge in [-0.2, -0.15) is 5.10 Å². The Morgan fingerprint density at radius 2 is 2.18 bits per heavy atom. The van der Waals surface area contributed by atoms with E-state index < -0.39 is 0 Å². The number of benzene rings is 1. The minimum absolute atomic E-state index is 0.0170. The molecule has 3 rings (SSSR count). The monoisotopic (exact) mass is 318 g/mol. The molecule has 0 saturated carbocycles. The molecule has 5 nitrogen and oxygen atoms in total. The zero-order chi connectivity index (χ0) is 15.7. The van der Waals surface area contributed by atoms with Crippen LogP contribution in [0.5, 0.6) is 0 Å². The Bertz CT molecular complexity index is 697. The van der Waals surface area contributed by atoms with E-state index in [1.165, 1.54) is 0 Å². The standard InChI is InChI=1S/C16H19ClN4O/c1-11-9-21(14-6-4-3-5-13(14)17)19-15(11)16(22)20-8-7-18-12(2)10-20/h3-6,9,12,18H,7-8,10H2,1-2H3/t12-/m1/s1. The molecule has 6 heteroatoms. The van der Waals surface area contributed by atoms with Crippen molar-refractivity contribution in [1.29, 1.82) is 0 Å². The fourth-order valence-corrected chi connectivity index (χ4v) is 2.92. The van der Waals surface area contributed by atoms with Crippen molar-refractivity contribution in [3.05, 3.63) is 46.7 Å². The van der Waals surface area contributed by atoms with Crippen LogP contribution in [0.3, 0.4) is 0 Å². The Kier molecular flexibility index (Phi) is 4.18. The molecule has 0 unspecified atom stereocenters. The highest BCUT2D eigenvalue weighted by molar-refractivity contribution is 6.32. The van der Waals surface area contributed by atoms with E-state index in [1.54, 1.807) is 4.68 Å². The molecule has 0 spiro atoms. The minimum atomic E-state index is -0.0170. The number of rotatable bonds is 2. The molecule has 1 N–H and O–H groups in total. The molecule has 22 heavy (non-hydrogen) atoms. The van der Waals surface area contributed by atoms with Crippen molar-refractivity contribution in [2.75, 3.05) is 19.6 Å². The summed E-state index contributed by atoms with van der Waals surface area (Å²) < 4.78 is 1.68. The van der Waals surface area contributed by atoms with Crippen LogP contribution in [-0.4, -0.2) is 46.3 Å². The van der Waals surface area contributed by atoms with Gasteiger partial charge in [-0.3, -0.25) is 4.79 Å². The third kappa shape index (κ3) is 2.87. The Morgan fingerprint density at radius 3 is 2.91 bits per heavy atom. The van der Waals surface area contributed by atoms with Crippen molar-refractivity contribution < 1.29 is 4.79 Å². The maximum atomic E-state index is 12.7. The lowest BCUT2D eigenvalue weighted by molar-refractivity contribution is 0.0702. The molecule has 116 valence electrons. The molecular formula is C16H19ClN4O. The van der Waals surface area contributed by atoms with E-state index in [2.05, 4.69) is 17.3 Å². The van der Waals surface area contributed by atoms with Crippen LogP contribution in [0.15, 0.2) is 30.5 Å². The highest BCUT2D eigenvalue weighted by Gasteiger charge is 2.25. The van der Waals surface area contributed by atoms with E-state index in [4.69, 9.17) is 11.6 Å². The van der Waals surface area contributed by atoms with E-state index >= 15 is 0 Å². The van der Waals surface area contributed by atoms with Gasteiger partial charge in [-0.1, -0.05) is 23.7 Å². The maximum Gasteiger partial charge on any atom is 0.274 e. The van der Waals surface area contributed by atoms with Crippen LogP contribution in [0.1, 0.15) is 23.0 Å². The topological polar surface area (TPSA) is 50.2 Å². The average Bonchev–Trinajstić information content (AvgIpc) is 2.88. The number of hydrogen-bond donors (Lipinski definition) is 1. The summed E-state index contributed by atoms with van der Waals surface area (Å²) in [6.45, 7) is 6.21. The van der Waals surface area contributed by atoms with Gasteiger partial charge >= 0.3 is 0 Å². The van der Waals surface area contributed by atoms with Crippen LogP contribution in [0.25, 0.3) is 5.69 Å². The van der Waals surface area contributed by atoms with Gasteiger partial charge in [0.25, 0.3) is 5.91 Å². The summed E-state index contributed by atoms with van der Waals surface area (Å²) in [5.74, 6) is -0.0170. The van der Waals surface area contributed by atoms with E-state index in [1.807, 2.05) is 42.3 Å². The predicted octanol–water partition coefficient (Wildman–Crippen LogP) is 2.27. The van der Waals surface area contributed by atoms with Crippen molar-refractivity contribution >= 4 is 17.5 Å². The minimum Gasteiger partial charge on any atom is -0.334 e. The highest BCUT2D eigenvalue weighted by Crippen LogP contribution is 2.21. The number of nitrogens with zero attached hydrogens (tertiary/aromatic N) is 3. The van der Waals surface area contributed by atoms with Gasteiger partial charge in [0, 0.05) is 37.4 Å². The quantitative estimate of drug-likeness (QED) is 0.924. The number of para-hydroxylation sites is 1. The van der Waals surface area contributed by atoms with Crippen LogP contribution >= 0.6 is 11.6 Å². The van der Waals surface area contributed by atoms with Gasteiger partial charge < -0.3 is 10.2 Å². The molecule has 1 fully saturated rings. The number of carbonyl (C=O) groups is 1. The second-order valence-electron chi connectivity index (χ2n) is 5.66. The Hall–Kier alpha value is -1.85. The molecule has 1 saturated heterocycles. The molecular weight excluding hydrogens is 300 g/mol. The largest absolute Gasteiger partial charge is 0.334 e. The summed E-state index contributed by atoms with van der Waals surface area (Å²) in [5.41, 5.74) is 2.13. The molecule has 0 radical (unpaired) electrons. The first-order valence-corrected chi connectivity index (χ1v) is 7.78. The molecule has 1 aromatic carbocycles. The van der Waals surface area contributed by atoms with Crippen LogP contribution < -0.4 is 5.32 Å². The Morgan fingerprint density at radius 1 is 1.41 bits per heavy atom. The molecule has 2 heterocycles. The molecule has 0 bridgehead atoms. The molecule has 1 aromatic heterocycles. The van der Waals surface area contributed by atoms with Crippen LogP contribution in [0, 0.1) is 6.92 Å². The second-order valence-corrected chi connectivity index (χ2v) is 6.07. The third-order valence-corrected chi connectivity index (χ3v) is 4.17. The SMILES string of the molecule is Cc1cn(-c2ccccc2Cl)nc1C(=O)N1CCN[C@H](C)C1. The van der Waals surface area contributed by atoms with E-state index in [0.717, 1.165) is 17.8 Å². The maximum absolute atomic E-state index is 12.7. The van der Waals surface area contributed by atoms with E-state index in [0.29, 0.717) is 29.8 Å². The third-order valence-electron chi connectivity index (χ3n) is 3.86. The second kappa shape index (κ2) is 6.10. The number of hydrogen-bond acceptors (Lipinski definition) is 3. The zero-order valence-corrected chi connectivity index (χ0v) is 13.5. The number of halogens is 1. The fourth-order valence-electron chi connectivity index (χ4n) is 2.70. The van der Waals surface area contributed by atoms with Crippen LogP contribution in [0.4, 0.5) is 0 Å². The first-order chi connectivity index (χ1) is 10.6. The van der Waals surface area contributed by atoms with Crippen molar-refractivity contribution in [2.24, 2.45) is 0 Å². The normalized spacial score (nSPS) is 18.5. The van der Waals surface area contributed by atoms with Crippen molar-refractivity contribution in [2.45, 2.75) is 19.9 Å². The number of carbonyl (C=O) groups excluding carboxylic acids is 1. The number of piperazine rings is 1. The molecule has 0 aliphatic carbocycles. The lowest BCUT2D eigenvalue weighted by Crippen LogP contribution is -2.51. The summed E-state index contributed by atoms with van der Waals surface area (Å²) in [6, 6.07) is 7.78. The van der Waals surface area contributed by atoms with Gasteiger partial charge in [-0.15, -0.1) is 0 Å². The number of amides is 1. The summed E-state index contributed by atoms with van der Waals surface area (Å²) in [4.78, 5) is 14.5. The highest BCUT2D eigenvalue weighted by atomic mass is 35.5. The molecule has 1 aliphatic rings. The average molecular weight is 319 g/mol. The molecule has 1 atom stereocenters. The lowest BCUT2D eigenvalue weighted by atomic mass is 10.2. The van der Waals surface area contributed by atoms with Crippen molar-refractivity contribution in [3.8, 4) is 5.69 Å². The molecule has 2 aromatic rings. The van der Waals surface area contributed by atoms with Crippen molar-refractivity contribution in [1.82, 2.24) is 20.0 Å². The van der Waals surface area contributed by atoms with Crippen LogP contribution in [-0.2, 0) is 0 Å². The van der Waals surface area contributed by atoms with Gasteiger partial charge in [-0.05, 0) is 26.0 Å². The predicted molar refractivity (Wildman–Crippen MR) is 86.7 cm³/mol. The van der Waals surface area contributed by atoms with Gasteiger partial charge in [0.15, 0.2) is 5.69 Å². The lowest BCUT2D eigenvalue weighted by Gasteiger charge is -2.31. The summed E-state index contributed by atoms with van der Waals surface area (Å²) >= 11 is 6.20. The first kappa shape index (κ1) is 15.1. The summed E-state index contributed by atoms with van der Waals surface area (Å²) in [7, 11) is 0. The smallest absolute Gasteiger partial charge is 0.274 e. The van der Waals surface area contributed by atoms with Gasteiger partial charge in [0.2, 0.25) is 0 Å². The molecule has 1 amide bonds. The van der Waals surface area contributed by atoms with E-state index in [-0.39, 0.29) is 5.91 Å². The van der Waals surface area contributed by atoms with Crippen molar-refractivity contribution in [3.63, 3.8) is 0 Å². The number of nitrogens with one attached hydrogen (secondary N) is 1. The van der Waals surface area contributed by atoms with Gasteiger partial charge in [0.05, 0.1) is 10.7 Å². The summed E-state index contributed by atoms with van der Waals surface area (Å²) in [6.07, 6.45) is 1.85.